The van der Waals surface area contributed by atoms with Crippen LogP contribution in [0.2, 0.25) is 10.0 Å². The third kappa shape index (κ3) is 5.71. The molecule has 1 amide bonds. The Morgan fingerprint density at radius 3 is 2.63 bits per heavy atom. The van der Waals surface area contributed by atoms with Crippen molar-refractivity contribution in [3.8, 4) is 0 Å². The smallest absolute Gasteiger partial charge is 0.250 e. The van der Waals surface area contributed by atoms with Gasteiger partial charge in [0.05, 0.1) is 17.0 Å². The molecule has 0 saturated carbocycles. The molecule has 0 aliphatic heterocycles. The van der Waals surface area contributed by atoms with Crippen molar-refractivity contribution in [2.75, 3.05) is 21.6 Å². The number of benzene rings is 1. The molecule has 0 aliphatic carbocycles. The summed E-state index contributed by atoms with van der Waals surface area (Å²) >= 11 is 14.9. The lowest BCUT2D eigenvalue weighted by Crippen LogP contribution is -2.47. The molecule has 1 heterocycles. The summed E-state index contributed by atoms with van der Waals surface area (Å²) in [5.74, 6) is 0.304. The Balaban J connectivity index is 2.36. The van der Waals surface area contributed by atoms with Crippen LogP contribution in [-0.2, 0) is 14.8 Å². The summed E-state index contributed by atoms with van der Waals surface area (Å²) in [5, 5.41) is 11.3. The van der Waals surface area contributed by atoms with Gasteiger partial charge < -0.3 is 0 Å². The van der Waals surface area contributed by atoms with Gasteiger partial charge in [-0.3, -0.25) is 14.4 Å². The van der Waals surface area contributed by atoms with E-state index in [9.17, 15) is 13.2 Å². The zero-order chi connectivity index (χ0) is 20.2. The molecule has 0 fully saturated rings. The first-order valence-corrected chi connectivity index (χ1v) is 12.3. The Bertz CT molecular complexity index is 921. The molecule has 0 aliphatic rings. The van der Waals surface area contributed by atoms with E-state index >= 15 is 0 Å². The third-order valence-electron chi connectivity index (χ3n) is 3.38. The Morgan fingerprint density at radius 2 is 2.04 bits per heavy atom. The molecule has 1 aromatic carbocycles. The molecule has 0 spiro atoms. The fourth-order valence-corrected chi connectivity index (χ4v) is 5.61. The SMILES string of the molecule is CCSc1nnc(NC(=O)C(CC)N(c2cc(Cl)ccc2Cl)S(C)(=O)=O)s1. The number of hydrogen-bond donors (Lipinski definition) is 1. The van der Waals surface area contributed by atoms with Gasteiger partial charge in [0, 0.05) is 5.02 Å². The van der Waals surface area contributed by atoms with E-state index in [1.165, 1.54) is 35.2 Å². The molecule has 0 radical (unpaired) electrons. The first-order valence-electron chi connectivity index (χ1n) is 7.89. The second-order valence-corrected chi connectivity index (χ2v) is 10.6. The van der Waals surface area contributed by atoms with E-state index < -0.39 is 22.0 Å². The number of thioether (sulfide) groups is 1. The molecule has 2 rings (SSSR count). The lowest BCUT2D eigenvalue weighted by molar-refractivity contribution is -0.117. The quantitative estimate of drug-likeness (QED) is 0.462. The summed E-state index contributed by atoms with van der Waals surface area (Å²) < 4.78 is 26.6. The van der Waals surface area contributed by atoms with Crippen LogP contribution in [0.3, 0.4) is 0 Å². The van der Waals surface area contributed by atoms with Crippen molar-refractivity contribution in [2.24, 2.45) is 0 Å². The monoisotopic (exact) mass is 468 g/mol. The molecule has 0 saturated heterocycles. The van der Waals surface area contributed by atoms with Gasteiger partial charge in [-0.1, -0.05) is 60.1 Å². The van der Waals surface area contributed by atoms with E-state index in [1.807, 2.05) is 6.92 Å². The van der Waals surface area contributed by atoms with Gasteiger partial charge in [0.15, 0.2) is 4.34 Å². The van der Waals surface area contributed by atoms with Crippen molar-refractivity contribution >= 4 is 73.0 Å². The van der Waals surface area contributed by atoms with Crippen LogP contribution in [0.5, 0.6) is 0 Å². The van der Waals surface area contributed by atoms with Crippen molar-refractivity contribution in [3.05, 3.63) is 28.2 Å². The molecule has 1 N–H and O–H groups in total. The van der Waals surface area contributed by atoms with E-state index in [-0.39, 0.29) is 17.1 Å². The highest BCUT2D eigenvalue weighted by molar-refractivity contribution is 8.01. The summed E-state index contributed by atoms with van der Waals surface area (Å²) in [7, 11) is -3.82. The highest BCUT2D eigenvalue weighted by Gasteiger charge is 2.33. The zero-order valence-corrected chi connectivity index (χ0v) is 18.7. The van der Waals surface area contributed by atoms with Gasteiger partial charge in [0.1, 0.15) is 6.04 Å². The molecule has 12 heteroatoms. The number of carbonyl (C=O) groups is 1. The van der Waals surface area contributed by atoms with Crippen LogP contribution in [0.25, 0.3) is 0 Å². The van der Waals surface area contributed by atoms with Gasteiger partial charge in [-0.05, 0) is 30.4 Å². The maximum Gasteiger partial charge on any atom is 0.250 e. The maximum absolute atomic E-state index is 12.8. The number of nitrogens with one attached hydrogen (secondary N) is 1. The van der Waals surface area contributed by atoms with Crippen molar-refractivity contribution in [1.82, 2.24) is 10.2 Å². The number of sulfonamides is 1. The van der Waals surface area contributed by atoms with E-state index in [1.54, 1.807) is 13.0 Å². The normalized spacial score (nSPS) is 12.6. The predicted molar refractivity (Wildman–Crippen MR) is 113 cm³/mol. The van der Waals surface area contributed by atoms with E-state index in [2.05, 4.69) is 15.5 Å². The summed E-state index contributed by atoms with van der Waals surface area (Å²) in [5.41, 5.74) is 0.146. The van der Waals surface area contributed by atoms with E-state index in [4.69, 9.17) is 23.2 Å². The number of anilines is 2. The average molecular weight is 469 g/mol. The molecule has 27 heavy (non-hydrogen) atoms. The number of rotatable bonds is 8. The van der Waals surface area contributed by atoms with Crippen LogP contribution < -0.4 is 9.62 Å². The van der Waals surface area contributed by atoms with Gasteiger partial charge in [0.2, 0.25) is 21.1 Å². The third-order valence-corrected chi connectivity index (χ3v) is 6.95. The van der Waals surface area contributed by atoms with Gasteiger partial charge in [-0.15, -0.1) is 10.2 Å². The summed E-state index contributed by atoms with van der Waals surface area (Å²) in [6.07, 6.45) is 1.23. The fraction of sp³-hybridized carbons (Fsp3) is 0.400. The van der Waals surface area contributed by atoms with Gasteiger partial charge >= 0.3 is 0 Å². The second kappa shape index (κ2) is 9.42. The van der Waals surface area contributed by atoms with Crippen LogP contribution in [0.1, 0.15) is 20.3 Å². The summed E-state index contributed by atoms with van der Waals surface area (Å²) in [6.45, 7) is 3.69. The highest BCUT2D eigenvalue weighted by atomic mass is 35.5. The number of hydrogen-bond acceptors (Lipinski definition) is 7. The number of aromatic nitrogens is 2. The fourth-order valence-electron chi connectivity index (χ4n) is 2.32. The van der Waals surface area contributed by atoms with Crippen molar-refractivity contribution in [3.63, 3.8) is 0 Å². The molecule has 1 atom stereocenters. The van der Waals surface area contributed by atoms with Crippen LogP contribution in [-0.4, -0.2) is 42.6 Å². The first kappa shape index (κ1) is 22.2. The molecule has 148 valence electrons. The van der Waals surface area contributed by atoms with Gasteiger partial charge in [0.25, 0.3) is 0 Å². The van der Waals surface area contributed by atoms with Crippen molar-refractivity contribution in [1.29, 1.82) is 0 Å². The summed E-state index contributed by atoms with van der Waals surface area (Å²) in [6, 6.07) is 3.42. The first-order chi connectivity index (χ1) is 12.7. The minimum Gasteiger partial charge on any atom is -0.299 e. The van der Waals surface area contributed by atoms with E-state index in [0.29, 0.717) is 10.2 Å². The minimum absolute atomic E-state index is 0.146. The molecule has 1 unspecified atom stereocenters. The molecule has 1 aromatic heterocycles. The zero-order valence-electron chi connectivity index (χ0n) is 14.8. The standard InChI is InChI=1S/C15H18Cl2N4O3S3/c1-4-11(13(22)18-14-19-20-15(26-14)25-5-2)21(27(3,23)24)12-8-9(16)6-7-10(12)17/h6-8,11H,4-5H2,1-3H3,(H,18,19,22). The van der Waals surface area contributed by atoms with Crippen molar-refractivity contribution in [2.45, 2.75) is 30.6 Å². The molecular formula is C15H18Cl2N4O3S3. The largest absolute Gasteiger partial charge is 0.299 e. The number of nitrogens with zero attached hydrogens (tertiary/aromatic N) is 3. The van der Waals surface area contributed by atoms with E-state index in [0.717, 1.165) is 20.7 Å². The van der Waals surface area contributed by atoms with Crippen LogP contribution in [0.4, 0.5) is 10.8 Å². The number of halogens is 2. The lowest BCUT2D eigenvalue weighted by atomic mass is 10.2. The van der Waals surface area contributed by atoms with Crippen LogP contribution in [0, 0.1) is 0 Å². The predicted octanol–water partition coefficient (Wildman–Crippen LogP) is 4.14. The Labute approximate surface area is 176 Å². The van der Waals surface area contributed by atoms with Crippen LogP contribution in [0.15, 0.2) is 22.5 Å². The Kier molecular flexibility index (Phi) is 7.75. The average Bonchev–Trinajstić information content (AvgIpc) is 3.01. The minimum atomic E-state index is -3.82. The van der Waals surface area contributed by atoms with Crippen molar-refractivity contribution < 1.29 is 13.2 Å². The number of carbonyl (C=O) groups excluding carboxylic acids is 1. The highest BCUT2D eigenvalue weighted by Crippen LogP contribution is 2.33. The number of amides is 1. The topological polar surface area (TPSA) is 92.3 Å². The summed E-state index contributed by atoms with van der Waals surface area (Å²) in [4.78, 5) is 12.8. The lowest BCUT2D eigenvalue weighted by Gasteiger charge is -2.30. The van der Waals surface area contributed by atoms with Crippen LogP contribution >= 0.6 is 46.3 Å². The molecule has 7 nitrogen and oxygen atoms in total. The Hall–Kier alpha value is -1.07. The maximum atomic E-state index is 12.8. The van der Waals surface area contributed by atoms with Gasteiger partial charge in [-0.25, -0.2) is 8.42 Å². The van der Waals surface area contributed by atoms with Gasteiger partial charge in [-0.2, -0.15) is 0 Å². The molecule has 2 aromatic rings. The molecule has 0 bridgehead atoms. The molecular weight excluding hydrogens is 451 g/mol. The Morgan fingerprint density at radius 1 is 1.33 bits per heavy atom. The second-order valence-electron chi connectivity index (χ2n) is 5.37.